The average molecular weight is 446 g/mol. The van der Waals surface area contributed by atoms with E-state index in [9.17, 15) is 4.79 Å². The molecular weight excluding hydrogens is 418 g/mol. The summed E-state index contributed by atoms with van der Waals surface area (Å²) in [4.78, 5) is 17.6. The van der Waals surface area contributed by atoms with Crippen LogP contribution in [0.1, 0.15) is 55.2 Å². The molecule has 6 nitrogen and oxygen atoms in total. The second kappa shape index (κ2) is 8.33. The van der Waals surface area contributed by atoms with Crippen LogP contribution in [-0.4, -0.2) is 63.4 Å². The van der Waals surface area contributed by atoms with Gasteiger partial charge in [0.05, 0.1) is 11.4 Å². The third kappa shape index (κ3) is 4.30. The molecule has 0 bridgehead atoms. The number of benzene rings is 1. The van der Waals surface area contributed by atoms with Crippen LogP contribution in [0.15, 0.2) is 28.7 Å². The number of carbonyl (C=O) groups is 1. The summed E-state index contributed by atoms with van der Waals surface area (Å²) in [5.41, 5.74) is 2.48. The molecule has 2 heterocycles. The fourth-order valence-corrected chi connectivity index (χ4v) is 3.97. The number of aromatic nitrogens is 3. The molecule has 28 heavy (non-hydrogen) atoms. The largest absolute Gasteiger partial charge is 0.335 e. The maximum Gasteiger partial charge on any atom is 0.276 e. The number of rotatable bonds is 6. The van der Waals surface area contributed by atoms with E-state index in [1.54, 1.807) is 0 Å². The average Bonchev–Trinajstić information content (AvgIpc) is 3.45. The van der Waals surface area contributed by atoms with Gasteiger partial charge in [-0.3, -0.25) is 9.69 Å². The van der Waals surface area contributed by atoms with E-state index >= 15 is 0 Å². The van der Waals surface area contributed by atoms with Gasteiger partial charge < -0.3 is 4.90 Å². The molecule has 4 rings (SSSR count). The number of carbonyl (C=O) groups excluding carboxylic acids is 1. The van der Waals surface area contributed by atoms with Crippen molar-refractivity contribution >= 4 is 21.8 Å². The predicted molar refractivity (Wildman–Crippen MR) is 113 cm³/mol. The first-order valence-electron chi connectivity index (χ1n) is 10.3. The highest BCUT2D eigenvalue weighted by Gasteiger charge is 2.36. The Kier molecular flexibility index (Phi) is 5.83. The highest BCUT2D eigenvalue weighted by Crippen LogP contribution is 2.42. The normalized spacial score (nSPS) is 18.1. The van der Waals surface area contributed by atoms with Gasteiger partial charge in [-0.15, -0.1) is 5.10 Å². The molecule has 1 aromatic heterocycles. The number of hydrogen-bond acceptors (Lipinski definition) is 4. The zero-order chi connectivity index (χ0) is 19.7. The molecule has 0 N–H and O–H groups in total. The number of hydrogen-bond donors (Lipinski definition) is 0. The maximum atomic E-state index is 13.2. The van der Waals surface area contributed by atoms with Gasteiger partial charge in [0.15, 0.2) is 5.69 Å². The zero-order valence-corrected chi connectivity index (χ0v) is 18.2. The Labute approximate surface area is 175 Å². The van der Waals surface area contributed by atoms with Crippen LogP contribution in [0.3, 0.4) is 0 Å². The van der Waals surface area contributed by atoms with Gasteiger partial charge in [-0.1, -0.05) is 35.0 Å². The Morgan fingerprint density at radius 1 is 1.14 bits per heavy atom. The molecule has 2 aliphatic rings. The first-order valence-corrected chi connectivity index (χ1v) is 11.1. The van der Waals surface area contributed by atoms with Crippen LogP contribution >= 0.6 is 15.9 Å². The van der Waals surface area contributed by atoms with Gasteiger partial charge in [0.1, 0.15) is 0 Å². The fourth-order valence-electron chi connectivity index (χ4n) is 3.70. The van der Waals surface area contributed by atoms with Crippen molar-refractivity contribution in [3.63, 3.8) is 0 Å². The van der Waals surface area contributed by atoms with Crippen LogP contribution in [-0.2, 0) is 0 Å². The second-order valence-electron chi connectivity index (χ2n) is 8.30. The van der Waals surface area contributed by atoms with E-state index in [2.05, 4.69) is 45.0 Å². The van der Waals surface area contributed by atoms with Crippen molar-refractivity contribution in [1.82, 2.24) is 24.8 Å². The topological polar surface area (TPSA) is 54.3 Å². The molecule has 0 spiro atoms. The number of nitrogens with zero attached hydrogens (tertiary/aromatic N) is 5. The summed E-state index contributed by atoms with van der Waals surface area (Å²) < 4.78 is 2.88. The molecule has 1 aliphatic carbocycles. The molecule has 1 saturated heterocycles. The summed E-state index contributed by atoms with van der Waals surface area (Å²) in [6, 6.07) is 8.00. The van der Waals surface area contributed by atoms with Gasteiger partial charge in [-0.2, -0.15) is 0 Å². The van der Waals surface area contributed by atoms with E-state index in [0.717, 1.165) is 67.3 Å². The van der Waals surface area contributed by atoms with Gasteiger partial charge in [0.2, 0.25) is 0 Å². The van der Waals surface area contributed by atoms with E-state index in [1.165, 1.54) is 6.42 Å². The lowest BCUT2D eigenvalue weighted by Gasteiger charge is -2.34. The van der Waals surface area contributed by atoms with Crippen molar-refractivity contribution < 1.29 is 4.79 Å². The molecule has 1 aromatic carbocycles. The molecule has 1 saturated carbocycles. The van der Waals surface area contributed by atoms with Gasteiger partial charge in [0.25, 0.3) is 5.91 Å². The summed E-state index contributed by atoms with van der Waals surface area (Å²) in [5.74, 6) is 1.15. The number of piperazine rings is 1. The van der Waals surface area contributed by atoms with E-state index in [1.807, 2.05) is 33.8 Å². The van der Waals surface area contributed by atoms with E-state index in [0.29, 0.717) is 11.6 Å². The molecule has 1 amide bonds. The molecule has 7 heteroatoms. The molecule has 2 fully saturated rings. The zero-order valence-electron chi connectivity index (χ0n) is 16.6. The van der Waals surface area contributed by atoms with Crippen LogP contribution < -0.4 is 0 Å². The quantitative estimate of drug-likeness (QED) is 0.679. The summed E-state index contributed by atoms with van der Waals surface area (Å²) in [6.45, 7) is 9.06. The summed E-state index contributed by atoms with van der Waals surface area (Å²) >= 11 is 3.47. The maximum absolute atomic E-state index is 13.2. The van der Waals surface area contributed by atoms with Crippen LogP contribution in [0.2, 0.25) is 0 Å². The Morgan fingerprint density at radius 3 is 2.43 bits per heavy atom. The van der Waals surface area contributed by atoms with Gasteiger partial charge in [-0.25, -0.2) is 4.68 Å². The molecule has 150 valence electrons. The lowest BCUT2D eigenvalue weighted by molar-refractivity contribution is 0.0625. The molecule has 0 atom stereocenters. The highest BCUT2D eigenvalue weighted by molar-refractivity contribution is 9.10. The molecule has 0 radical (unpaired) electrons. The molecule has 0 unspecified atom stereocenters. The van der Waals surface area contributed by atoms with Gasteiger partial charge in [0, 0.05) is 36.6 Å². The fraction of sp³-hybridized carbons (Fsp3) is 0.571. The standard InChI is InChI=1S/C21H28BrN5O/c1-15(2)9-10-25-11-13-26(14-12-25)21(28)19-20(16-3-4-16)27(24-23-19)18-7-5-17(22)6-8-18/h5-8,15-16H,3-4,9-14H2,1-2H3. The smallest absolute Gasteiger partial charge is 0.276 e. The van der Waals surface area contributed by atoms with E-state index < -0.39 is 0 Å². The first kappa shape index (κ1) is 19.6. The van der Waals surface area contributed by atoms with Crippen molar-refractivity contribution in [3.8, 4) is 5.69 Å². The SMILES string of the molecule is CC(C)CCN1CCN(C(=O)c2nnn(-c3ccc(Br)cc3)c2C2CC2)CC1. The summed E-state index contributed by atoms with van der Waals surface area (Å²) in [5, 5.41) is 8.68. The Balaban J connectivity index is 1.49. The van der Waals surface area contributed by atoms with Crippen LogP contribution in [0, 0.1) is 5.92 Å². The Hall–Kier alpha value is -1.73. The van der Waals surface area contributed by atoms with E-state index in [-0.39, 0.29) is 5.91 Å². The summed E-state index contributed by atoms with van der Waals surface area (Å²) in [6.07, 6.45) is 3.42. The Bertz CT molecular complexity index is 820. The molecule has 2 aromatic rings. The predicted octanol–water partition coefficient (Wildman–Crippen LogP) is 3.71. The van der Waals surface area contributed by atoms with E-state index in [4.69, 9.17) is 0 Å². The number of halogens is 1. The van der Waals surface area contributed by atoms with Crippen LogP contribution in [0.25, 0.3) is 5.69 Å². The van der Waals surface area contributed by atoms with Crippen molar-refractivity contribution in [3.05, 3.63) is 40.1 Å². The first-order chi connectivity index (χ1) is 13.5. The van der Waals surface area contributed by atoms with Crippen molar-refractivity contribution in [1.29, 1.82) is 0 Å². The van der Waals surface area contributed by atoms with Crippen LogP contribution in [0.4, 0.5) is 0 Å². The van der Waals surface area contributed by atoms with Gasteiger partial charge in [-0.05, 0) is 56.0 Å². The third-order valence-corrected chi connectivity index (χ3v) is 6.15. The summed E-state index contributed by atoms with van der Waals surface area (Å²) in [7, 11) is 0. The number of amides is 1. The van der Waals surface area contributed by atoms with Crippen molar-refractivity contribution in [2.45, 2.75) is 39.0 Å². The van der Waals surface area contributed by atoms with Gasteiger partial charge >= 0.3 is 0 Å². The molecule has 1 aliphatic heterocycles. The minimum Gasteiger partial charge on any atom is -0.335 e. The lowest BCUT2D eigenvalue weighted by Crippen LogP contribution is -2.49. The van der Waals surface area contributed by atoms with Crippen molar-refractivity contribution in [2.24, 2.45) is 5.92 Å². The minimum absolute atomic E-state index is 0.0359. The second-order valence-corrected chi connectivity index (χ2v) is 9.22. The van der Waals surface area contributed by atoms with Crippen LogP contribution in [0.5, 0.6) is 0 Å². The highest BCUT2D eigenvalue weighted by atomic mass is 79.9. The minimum atomic E-state index is 0.0359. The Morgan fingerprint density at radius 2 is 1.82 bits per heavy atom. The monoisotopic (exact) mass is 445 g/mol. The lowest BCUT2D eigenvalue weighted by atomic mass is 10.1. The molecular formula is C21H28BrN5O. The van der Waals surface area contributed by atoms with Crippen molar-refractivity contribution in [2.75, 3.05) is 32.7 Å². The third-order valence-electron chi connectivity index (χ3n) is 5.62.